The van der Waals surface area contributed by atoms with Crippen LogP contribution in [0.1, 0.15) is 53.6 Å². The summed E-state index contributed by atoms with van der Waals surface area (Å²) in [6.45, 7) is 10.3. The van der Waals surface area contributed by atoms with Gasteiger partial charge >= 0.3 is 0 Å². The predicted molar refractivity (Wildman–Crippen MR) is 139 cm³/mol. The van der Waals surface area contributed by atoms with Gasteiger partial charge in [0.1, 0.15) is 18.1 Å². The number of ketones is 1. The van der Waals surface area contributed by atoms with Crippen LogP contribution in [0.3, 0.4) is 0 Å². The molecule has 1 amide bonds. The molecule has 0 bridgehead atoms. The molecule has 1 N–H and O–H groups in total. The maximum absolute atomic E-state index is 13.3. The molecular weight excluding hydrogens is 452 g/mol. The Morgan fingerprint density at radius 1 is 1.17 bits per heavy atom. The highest BCUT2D eigenvalue weighted by atomic mass is 16.5. The minimum Gasteiger partial charge on any atom is -0.507 e. The SMILES string of the molecule is C=CCOc1ccc(C(O)=C2C(=O)C(=O)N(Cc3cccnc3)[C@@H]2c2ccc(C(C)C)cc2)cc1C. The lowest BCUT2D eigenvalue weighted by Gasteiger charge is -2.25. The monoisotopic (exact) mass is 482 g/mol. The van der Waals surface area contributed by atoms with E-state index in [0.717, 1.165) is 22.3 Å². The molecule has 1 fully saturated rings. The first-order chi connectivity index (χ1) is 17.3. The van der Waals surface area contributed by atoms with Crippen LogP contribution >= 0.6 is 0 Å². The van der Waals surface area contributed by atoms with E-state index in [1.807, 2.05) is 37.3 Å². The summed E-state index contributed by atoms with van der Waals surface area (Å²) >= 11 is 0. The highest BCUT2D eigenvalue weighted by Crippen LogP contribution is 2.41. The molecule has 1 aromatic heterocycles. The largest absolute Gasteiger partial charge is 0.507 e. The predicted octanol–water partition coefficient (Wildman–Crippen LogP) is 5.70. The van der Waals surface area contributed by atoms with Crippen molar-refractivity contribution >= 4 is 17.4 Å². The second-order valence-electron chi connectivity index (χ2n) is 9.19. The van der Waals surface area contributed by atoms with Crippen molar-refractivity contribution in [1.29, 1.82) is 0 Å². The molecule has 36 heavy (non-hydrogen) atoms. The molecule has 0 radical (unpaired) electrons. The van der Waals surface area contributed by atoms with Gasteiger partial charge in [0, 0.05) is 24.5 Å². The summed E-state index contributed by atoms with van der Waals surface area (Å²) in [6.07, 6.45) is 4.98. The van der Waals surface area contributed by atoms with E-state index in [4.69, 9.17) is 4.74 Å². The number of nitrogens with zero attached hydrogens (tertiary/aromatic N) is 2. The van der Waals surface area contributed by atoms with Gasteiger partial charge in [0.25, 0.3) is 11.7 Å². The van der Waals surface area contributed by atoms with Crippen LogP contribution in [0.25, 0.3) is 5.76 Å². The van der Waals surface area contributed by atoms with Gasteiger partial charge in [-0.3, -0.25) is 14.6 Å². The second-order valence-corrected chi connectivity index (χ2v) is 9.19. The quantitative estimate of drug-likeness (QED) is 0.193. The summed E-state index contributed by atoms with van der Waals surface area (Å²) in [4.78, 5) is 32.2. The molecule has 2 heterocycles. The van der Waals surface area contributed by atoms with Crippen LogP contribution in [-0.2, 0) is 16.1 Å². The third-order valence-electron chi connectivity index (χ3n) is 6.34. The molecule has 0 saturated carbocycles. The lowest BCUT2D eigenvalue weighted by Crippen LogP contribution is -2.29. The zero-order valence-electron chi connectivity index (χ0n) is 20.8. The molecular formula is C30H30N2O4. The Kier molecular flexibility index (Phi) is 7.34. The van der Waals surface area contributed by atoms with Crippen LogP contribution in [0.2, 0.25) is 0 Å². The van der Waals surface area contributed by atoms with Crippen molar-refractivity contribution in [2.24, 2.45) is 0 Å². The van der Waals surface area contributed by atoms with Gasteiger partial charge in [0.2, 0.25) is 0 Å². The summed E-state index contributed by atoms with van der Waals surface area (Å²) in [5.41, 5.74) is 4.01. The van der Waals surface area contributed by atoms with Crippen LogP contribution in [-0.4, -0.2) is 33.3 Å². The van der Waals surface area contributed by atoms with Crippen LogP contribution < -0.4 is 4.74 Å². The van der Waals surface area contributed by atoms with E-state index < -0.39 is 17.7 Å². The van der Waals surface area contributed by atoms with Gasteiger partial charge < -0.3 is 14.7 Å². The number of benzene rings is 2. The van der Waals surface area contributed by atoms with Crippen LogP contribution in [0.4, 0.5) is 0 Å². The maximum Gasteiger partial charge on any atom is 0.295 e. The average molecular weight is 483 g/mol. The number of Topliss-reactive ketones (excluding diaryl/α,β-unsaturated/α-hetero) is 1. The summed E-state index contributed by atoms with van der Waals surface area (Å²) in [7, 11) is 0. The molecule has 1 aliphatic heterocycles. The smallest absolute Gasteiger partial charge is 0.295 e. The zero-order chi connectivity index (χ0) is 25.8. The molecule has 1 aliphatic rings. The summed E-state index contributed by atoms with van der Waals surface area (Å²) < 4.78 is 5.64. The Labute approximate surface area is 211 Å². The van der Waals surface area contributed by atoms with Crippen molar-refractivity contribution in [3.05, 3.63) is 113 Å². The fourth-order valence-corrected chi connectivity index (χ4v) is 4.40. The number of ether oxygens (including phenoxy) is 1. The van der Waals surface area contributed by atoms with E-state index in [-0.39, 0.29) is 17.9 Å². The third kappa shape index (κ3) is 4.93. The van der Waals surface area contributed by atoms with Crippen molar-refractivity contribution in [1.82, 2.24) is 9.88 Å². The summed E-state index contributed by atoms with van der Waals surface area (Å²) in [6, 6.07) is 15.9. The molecule has 1 saturated heterocycles. The second kappa shape index (κ2) is 10.6. The average Bonchev–Trinajstić information content (AvgIpc) is 3.13. The molecule has 4 rings (SSSR count). The lowest BCUT2D eigenvalue weighted by atomic mass is 9.93. The molecule has 2 aromatic carbocycles. The third-order valence-corrected chi connectivity index (χ3v) is 6.34. The first kappa shape index (κ1) is 24.9. The Morgan fingerprint density at radius 2 is 1.92 bits per heavy atom. The molecule has 6 heteroatoms. The van der Waals surface area contributed by atoms with E-state index in [1.54, 1.807) is 42.7 Å². The molecule has 0 spiro atoms. The molecule has 3 aromatic rings. The fraction of sp³-hybridized carbons (Fsp3) is 0.233. The van der Waals surface area contributed by atoms with E-state index in [2.05, 4.69) is 25.4 Å². The van der Waals surface area contributed by atoms with Crippen LogP contribution in [0.5, 0.6) is 5.75 Å². The number of aromatic nitrogens is 1. The van der Waals surface area contributed by atoms with Gasteiger partial charge in [-0.1, -0.05) is 56.8 Å². The van der Waals surface area contributed by atoms with Gasteiger partial charge in [-0.05, 0) is 59.4 Å². The number of aryl methyl sites for hydroxylation is 1. The van der Waals surface area contributed by atoms with Crippen molar-refractivity contribution in [3.8, 4) is 5.75 Å². The number of likely N-dealkylation sites (tertiary alicyclic amines) is 1. The number of rotatable bonds is 8. The molecule has 1 atom stereocenters. The molecule has 0 aliphatic carbocycles. The number of carbonyl (C=O) groups is 2. The summed E-state index contributed by atoms with van der Waals surface area (Å²) in [5.74, 6) is -0.576. The van der Waals surface area contributed by atoms with Crippen molar-refractivity contribution < 1.29 is 19.4 Å². The standard InChI is InChI=1S/C30H30N2O4/c1-5-15-36-25-13-12-24(16-20(25)4)28(33)26-27(23-10-8-22(9-11-23)19(2)3)32(30(35)29(26)34)18-21-7-6-14-31-17-21/h5-14,16-17,19,27,33H,1,15,18H2,2-4H3/t27-/m1/s1. The Morgan fingerprint density at radius 3 is 2.53 bits per heavy atom. The van der Waals surface area contributed by atoms with Crippen LogP contribution in [0.15, 0.2) is 85.2 Å². The van der Waals surface area contributed by atoms with Crippen LogP contribution in [0, 0.1) is 6.92 Å². The van der Waals surface area contributed by atoms with E-state index in [1.165, 1.54) is 4.90 Å². The first-order valence-electron chi connectivity index (χ1n) is 11.9. The van der Waals surface area contributed by atoms with Crippen molar-refractivity contribution in [2.75, 3.05) is 6.61 Å². The number of hydrogen-bond donors (Lipinski definition) is 1. The Balaban J connectivity index is 1.82. The zero-order valence-corrected chi connectivity index (χ0v) is 20.8. The number of pyridine rings is 1. The van der Waals surface area contributed by atoms with Crippen molar-refractivity contribution in [2.45, 2.75) is 39.3 Å². The maximum atomic E-state index is 13.3. The Hall–Kier alpha value is -4.19. The molecule has 184 valence electrons. The highest BCUT2D eigenvalue weighted by molar-refractivity contribution is 6.46. The number of aliphatic hydroxyl groups is 1. The van der Waals surface area contributed by atoms with Gasteiger partial charge in [-0.15, -0.1) is 0 Å². The normalized spacial score (nSPS) is 17.0. The van der Waals surface area contributed by atoms with Gasteiger partial charge in [0.05, 0.1) is 11.6 Å². The first-order valence-corrected chi connectivity index (χ1v) is 11.9. The Bertz CT molecular complexity index is 1310. The van der Waals surface area contributed by atoms with E-state index in [0.29, 0.717) is 23.8 Å². The number of aliphatic hydroxyl groups excluding tert-OH is 1. The van der Waals surface area contributed by atoms with E-state index in [9.17, 15) is 14.7 Å². The number of amides is 1. The van der Waals surface area contributed by atoms with Crippen molar-refractivity contribution in [3.63, 3.8) is 0 Å². The number of carbonyl (C=O) groups excluding carboxylic acids is 2. The minimum atomic E-state index is -0.733. The molecule has 0 unspecified atom stereocenters. The minimum absolute atomic E-state index is 0.0698. The number of hydrogen-bond acceptors (Lipinski definition) is 5. The lowest BCUT2D eigenvalue weighted by molar-refractivity contribution is -0.140. The van der Waals surface area contributed by atoms with Gasteiger partial charge in [-0.2, -0.15) is 0 Å². The topological polar surface area (TPSA) is 79.7 Å². The van der Waals surface area contributed by atoms with E-state index >= 15 is 0 Å². The highest BCUT2D eigenvalue weighted by Gasteiger charge is 2.46. The summed E-state index contributed by atoms with van der Waals surface area (Å²) in [5, 5.41) is 11.4. The van der Waals surface area contributed by atoms with Gasteiger partial charge in [-0.25, -0.2) is 0 Å². The van der Waals surface area contributed by atoms with Gasteiger partial charge in [0.15, 0.2) is 0 Å². The fourth-order valence-electron chi connectivity index (χ4n) is 4.40. The molecule has 6 nitrogen and oxygen atoms in total.